The topological polar surface area (TPSA) is 84.2 Å². The van der Waals surface area contributed by atoms with E-state index in [2.05, 4.69) is 10.6 Å². The molecule has 0 bridgehead atoms. The van der Waals surface area contributed by atoms with Gasteiger partial charge in [0.1, 0.15) is 0 Å². The fourth-order valence-corrected chi connectivity index (χ4v) is 0.684. The van der Waals surface area contributed by atoms with Gasteiger partial charge in [-0.05, 0) is 0 Å². The zero-order chi connectivity index (χ0) is 10.3. The van der Waals surface area contributed by atoms with E-state index >= 15 is 0 Å². The molecule has 5 nitrogen and oxygen atoms in total. The van der Waals surface area contributed by atoms with Crippen molar-refractivity contribution in [1.82, 2.24) is 10.6 Å². The zero-order valence-corrected chi connectivity index (χ0v) is 8.09. The maximum atomic E-state index is 11.0. The largest absolute Gasteiger partial charge is 0.370 e. The van der Waals surface area contributed by atoms with Gasteiger partial charge in [0, 0.05) is 19.0 Å². The molecular formula is C8H17N3O2. The van der Waals surface area contributed by atoms with Crippen molar-refractivity contribution in [2.75, 3.05) is 13.1 Å². The highest BCUT2D eigenvalue weighted by molar-refractivity contribution is 5.79. The van der Waals surface area contributed by atoms with E-state index in [1.165, 1.54) is 0 Å². The summed E-state index contributed by atoms with van der Waals surface area (Å²) in [5.41, 5.74) is 4.89. The van der Waals surface area contributed by atoms with Gasteiger partial charge in [-0.25, -0.2) is 0 Å². The summed E-state index contributed by atoms with van der Waals surface area (Å²) in [7, 11) is 0. The SMILES string of the molecule is CC(C)NCC(=O)NCCC(N)=O. The first kappa shape index (κ1) is 11.9. The first-order valence-corrected chi connectivity index (χ1v) is 4.30. The maximum absolute atomic E-state index is 11.0. The third kappa shape index (κ3) is 8.81. The summed E-state index contributed by atoms with van der Waals surface area (Å²) in [5.74, 6) is -0.521. The molecule has 0 spiro atoms. The monoisotopic (exact) mass is 187 g/mol. The second-order valence-corrected chi connectivity index (χ2v) is 3.10. The average molecular weight is 187 g/mol. The molecule has 0 radical (unpaired) electrons. The molecular weight excluding hydrogens is 170 g/mol. The van der Waals surface area contributed by atoms with Crippen LogP contribution < -0.4 is 16.4 Å². The molecule has 0 unspecified atom stereocenters. The van der Waals surface area contributed by atoms with E-state index in [1.54, 1.807) is 0 Å². The van der Waals surface area contributed by atoms with Gasteiger partial charge in [0.05, 0.1) is 6.54 Å². The second kappa shape index (κ2) is 6.42. The summed E-state index contributed by atoms with van der Waals surface area (Å²) in [6.45, 7) is 4.50. The van der Waals surface area contributed by atoms with Crippen molar-refractivity contribution in [1.29, 1.82) is 0 Å². The van der Waals surface area contributed by atoms with Gasteiger partial charge < -0.3 is 16.4 Å². The molecule has 0 fully saturated rings. The van der Waals surface area contributed by atoms with Crippen molar-refractivity contribution < 1.29 is 9.59 Å². The molecule has 5 heteroatoms. The van der Waals surface area contributed by atoms with E-state index in [0.29, 0.717) is 6.54 Å². The minimum atomic E-state index is -0.405. The van der Waals surface area contributed by atoms with Gasteiger partial charge in [-0.2, -0.15) is 0 Å². The van der Waals surface area contributed by atoms with Crippen molar-refractivity contribution in [3.8, 4) is 0 Å². The number of nitrogens with one attached hydrogen (secondary N) is 2. The number of nitrogens with two attached hydrogens (primary N) is 1. The second-order valence-electron chi connectivity index (χ2n) is 3.10. The first-order valence-electron chi connectivity index (χ1n) is 4.30. The summed E-state index contributed by atoms with van der Waals surface area (Å²) in [4.78, 5) is 21.3. The van der Waals surface area contributed by atoms with Crippen LogP contribution in [0.3, 0.4) is 0 Å². The lowest BCUT2D eigenvalue weighted by molar-refractivity contribution is -0.120. The number of carbonyl (C=O) groups is 2. The molecule has 13 heavy (non-hydrogen) atoms. The van der Waals surface area contributed by atoms with E-state index in [9.17, 15) is 9.59 Å². The van der Waals surface area contributed by atoms with Gasteiger partial charge in [0.2, 0.25) is 11.8 Å². The fraction of sp³-hybridized carbons (Fsp3) is 0.750. The fourth-order valence-electron chi connectivity index (χ4n) is 0.684. The highest BCUT2D eigenvalue weighted by Crippen LogP contribution is 1.76. The summed E-state index contributed by atoms with van der Waals surface area (Å²) in [5, 5.41) is 5.52. The molecule has 0 atom stereocenters. The molecule has 0 aliphatic rings. The number of primary amides is 1. The van der Waals surface area contributed by atoms with Crippen molar-refractivity contribution >= 4 is 11.8 Å². The molecule has 0 heterocycles. The number of amides is 2. The Morgan fingerprint density at radius 2 is 2.00 bits per heavy atom. The minimum absolute atomic E-state index is 0.116. The van der Waals surface area contributed by atoms with Crippen molar-refractivity contribution in [2.24, 2.45) is 5.73 Å². The molecule has 0 aromatic carbocycles. The number of rotatable bonds is 6. The van der Waals surface area contributed by atoms with E-state index < -0.39 is 5.91 Å². The smallest absolute Gasteiger partial charge is 0.233 e. The van der Waals surface area contributed by atoms with Crippen LogP contribution in [0.5, 0.6) is 0 Å². The molecule has 0 saturated carbocycles. The lowest BCUT2D eigenvalue weighted by atomic mass is 10.4. The van der Waals surface area contributed by atoms with Crippen LogP contribution in [0, 0.1) is 0 Å². The molecule has 0 aromatic heterocycles. The predicted octanol–water partition coefficient (Wildman–Crippen LogP) is -1.02. The Morgan fingerprint density at radius 3 is 2.46 bits per heavy atom. The van der Waals surface area contributed by atoms with Crippen molar-refractivity contribution in [3.63, 3.8) is 0 Å². The van der Waals surface area contributed by atoms with Crippen LogP contribution in [-0.4, -0.2) is 30.9 Å². The van der Waals surface area contributed by atoms with Crippen LogP contribution in [0.25, 0.3) is 0 Å². The van der Waals surface area contributed by atoms with E-state index in [4.69, 9.17) is 5.73 Å². The Bertz CT molecular complexity index is 180. The molecule has 76 valence electrons. The Labute approximate surface area is 78.1 Å². The van der Waals surface area contributed by atoms with Crippen LogP contribution in [0.1, 0.15) is 20.3 Å². The molecule has 2 amide bonds. The Morgan fingerprint density at radius 1 is 1.38 bits per heavy atom. The number of hydrogen-bond acceptors (Lipinski definition) is 3. The van der Waals surface area contributed by atoms with Crippen LogP contribution in [0.2, 0.25) is 0 Å². The zero-order valence-electron chi connectivity index (χ0n) is 8.09. The van der Waals surface area contributed by atoms with Crippen molar-refractivity contribution in [2.45, 2.75) is 26.3 Å². The minimum Gasteiger partial charge on any atom is -0.370 e. The average Bonchev–Trinajstić information content (AvgIpc) is 2.00. The Kier molecular flexibility index (Phi) is 5.88. The lowest BCUT2D eigenvalue weighted by Crippen LogP contribution is -2.38. The number of carbonyl (C=O) groups excluding carboxylic acids is 2. The normalized spacial score (nSPS) is 10.1. The van der Waals surface area contributed by atoms with Gasteiger partial charge in [0.25, 0.3) is 0 Å². The first-order chi connectivity index (χ1) is 6.02. The highest BCUT2D eigenvalue weighted by Gasteiger charge is 2.01. The summed E-state index contributed by atoms with van der Waals surface area (Å²) >= 11 is 0. The molecule has 0 aliphatic carbocycles. The summed E-state index contributed by atoms with van der Waals surface area (Å²) in [6, 6.07) is 0.280. The van der Waals surface area contributed by atoms with E-state index in [-0.39, 0.29) is 24.9 Å². The van der Waals surface area contributed by atoms with Crippen LogP contribution in [0.15, 0.2) is 0 Å². The third-order valence-electron chi connectivity index (χ3n) is 1.36. The van der Waals surface area contributed by atoms with Crippen molar-refractivity contribution in [3.05, 3.63) is 0 Å². The van der Waals surface area contributed by atoms with Crippen LogP contribution in [0.4, 0.5) is 0 Å². The summed E-state index contributed by atoms with van der Waals surface area (Å²) < 4.78 is 0. The summed E-state index contributed by atoms with van der Waals surface area (Å²) in [6.07, 6.45) is 0.188. The van der Waals surface area contributed by atoms with Crippen LogP contribution >= 0.6 is 0 Å². The Hall–Kier alpha value is -1.10. The quantitative estimate of drug-likeness (QED) is 0.497. The third-order valence-corrected chi connectivity index (χ3v) is 1.36. The van der Waals surface area contributed by atoms with Gasteiger partial charge in [-0.1, -0.05) is 13.8 Å². The molecule has 0 saturated heterocycles. The predicted molar refractivity (Wildman–Crippen MR) is 50.0 cm³/mol. The molecule has 0 aromatic rings. The molecule has 0 rings (SSSR count). The number of hydrogen-bond donors (Lipinski definition) is 3. The standard InChI is InChI=1S/C8H17N3O2/c1-6(2)11-5-8(13)10-4-3-7(9)12/h6,11H,3-5H2,1-2H3,(H2,9,12)(H,10,13). The van der Waals surface area contributed by atoms with Gasteiger partial charge in [-0.3, -0.25) is 9.59 Å². The van der Waals surface area contributed by atoms with Gasteiger partial charge in [-0.15, -0.1) is 0 Å². The lowest BCUT2D eigenvalue weighted by Gasteiger charge is -2.07. The Balaban J connectivity index is 3.35. The van der Waals surface area contributed by atoms with Gasteiger partial charge >= 0.3 is 0 Å². The maximum Gasteiger partial charge on any atom is 0.233 e. The molecule has 4 N–H and O–H groups in total. The van der Waals surface area contributed by atoms with E-state index in [1.807, 2.05) is 13.8 Å². The van der Waals surface area contributed by atoms with E-state index in [0.717, 1.165) is 0 Å². The molecule has 0 aliphatic heterocycles. The highest BCUT2D eigenvalue weighted by atomic mass is 16.2. The van der Waals surface area contributed by atoms with Crippen LogP contribution in [-0.2, 0) is 9.59 Å². The van der Waals surface area contributed by atoms with Gasteiger partial charge in [0.15, 0.2) is 0 Å².